The van der Waals surface area contributed by atoms with Crippen molar-refractivity contribution in [3.05, 3.63) is 42.2 Å². The Morgan fingerprint density at radius 3 is 3.04 bits per heavy atom. The summed E-state index contributed by atoms with van der Waals surface area (Å²) in [5.74, 6) is 1.54. The summed E-state index contributed by atoms with van der Waals surface area (Å²) in [5, 5.41) is 14.7. The lowest BCUT2D eigenvalue weighted by Crippen LogP contribution is -2.32. The Balaban J connectivity index is 1.61. The number of methoxy groups -OCH3 is 1. The fourth-order valence-corrected chi connectivity index (χ4v) is 2.83. The largest absolute Gasteiger partial charge is 0.461 e. The molecule has 0 spiro atoms. The van der Waals surface area contributed by atoms with Crippen molar-refractivity contribution in [2.75, 3.05) is 19.0 Å². The summed E-state index contributed by atoms with van der Waals surface area (Å²) in [5.41, 5.74) is 1.50. The normalized spacial score (nSPS) is 12.3. The molecule has 2 amide bonds. The summed E-state index contributed by atoms with van der Waals surface area (Å²) in [6.07, 6.45) is 2.51. The summed E-state index contributed by atoms with van der Waals surface area (Å²) in [6, 6.07) is 6.88. The molecule has 138 valence electrons. The van der Waals surface area contributed by atoms with Crippen molar-refractivity contribution in [3.8, 4) is 0 Å². The van der Waals surface area contributed by atoms with E-state index < -0.39 is 0 Å². The Labute approximate surface area is 151 Å². The van der Waals surface area contributed by atoms with E-state index in [0.717, 1.165) is 29.7 Å². The third-order valence-electron chi connectivity index (χ3n) is 4.03. The molecule has 8 nitrogen and oxygen atoms in total. The maximum absolute atomic E-state index is 12.3. The fraction of sp³-hybridized carbons (Fsp3) is 0.389. The molecular weight excluding hydrogens is 334 g/mol. The molecule has 8 heteroatoms. The number of furan rings is 1. The predicted octanol–water partition coefficient (Wildman–Crippen LogP) is 3.25. The number of aryl methyl sites for hydroxylation is 2. The number of ether oxygens (including phenoxy) is 1. The van der Waals surface area contributed by atoms with Gasteiger partial charge in [0.25, 0.3) is 0 Å². The molecule has 0 radical (unpaired) electrons. The summed E-state index contributed by atoms with van der Waals surface area (Å²) in [4.78, 5) is 12.3. The second kappa shape index (κ2) is 8.01. The Morgan fingerprint density at radius 2 is 2.23 bits per heavy atom. The summed E-state index contributed by atoms with van der Waals surface area (Å²) in [6.45, 7) is 5.17. The van der Waals surface area contributed by atoms with Crippen LogP contribution in [-0.2, 0) is 11.3 Å². The van der Waals surface area contributed by atoms with Gasteiger partial charge in [0.1, 0.15) is 17.7 Å². The van der Waals surface area contributed by atoms with Crippen LogP contribution in [0.3, 0.4) is 0 Å². The molecule has 0 fully saturated rings. The second-order valence-electron chi connectivity index (χ2n) is 6.16. The van der Waals surface area contributed by atoms with E-state index in [4.69, 9.17) is 9.15 Å². The first kappa shape index (κ1) is 17.9. The highest BCUT2D eigenvalue weighted by molar-refractivity contribution is 5.92. The van der Waals surface area contributed by atoms with Gasteiger partial charge in [-0.1, -0.05) is 0 Å². The number of benzene rings is 1. The molecular formula is C18H23N5O3. The van der Waals surface area contributed by atoms with Crippen LogP contribution in [0.5, 0.6) is 0 Å². The summed E-state index contributed by atoms with van der Waals surface area (Å²) >= 11 is 0. The van der Waals surface area contributed by atoms with Crippen LogP contribution in [0.15, 0.2) is 35.0 Å². The lowest BCUT2D eigenvalue weighted by atomic mass is 10.2. The van der Waals surface area contributed by atoms with Crippen molar-refractivity contribution < 1.29 is 13.9 Å². The van der Waals surface area contributed by atoms with E-state index in [1.807, 2.05) is 42.7 Å². The van der Waals surface area contributed by atoms with E-state index in [1.165, 1.54) is 0 Å². The third-order valence-corrected chi connectivity index (χ3v) is 4.03. The lowest BCUT2D eigenvalue weighted by Gasteiger charge is -2.15. The Morgan fingerprint density at radius 1 is 1.38 bits per heavy atom. The van der Waals surface area contributed by atoms with E-state index >= 15 is 0 Å². The average molecular weight is 357 g/mol. The van der Waals surface area contributed by atoms with Crippen molar-refractivity contribution in [2.45, 2.75) is 32.9 Å². The van der Waals surface area contributed by atoms with E-state index in [2.05, 4.69) is 20.8 Å². The monoisotopic (exact) mass is 357 g/mol. The number of amides is 2. The number of anilines is 1. The average Bonchev–Trinajstić information content (AvgIpc) is 3.20. The Bertz CT molecular complexity index is 886. The highest BCUT2D eigenvalue weighted by Gasteiger charge is 2.16. The minimum Gasteiger partial charge on any atom is -0.461 e. The summed E-state index contributed by atoms with van der Waals surface area (Å²) < 4.78 is 12.5. The van der Waals surface area contributed by atoms with Gasteiger partial charge in [-0.05, 0) is 44.5 Å². The van der Waals surface area contributed by atoms with Gasteiger partial charge in [-0.3, -0.25) is 0 Å². The molecule has 2 N–H and O–H groups in total. The van der Waals surface area contributed by atoms with Gasteiger partial charge in [-0.25, -0.2) is 4.79 Å². The molecule has 2 heterocycles. The van der Waals surface area contributed by atoms with Gasteiger partial charge in [0.15, 0.2) is 5.82 Å². The number of carbonyl (C=O) groups excluding carboxylic acids is 1. The van der Waals surface area contributed by atoms with Gasteiger partial charge >= 0.3 is 6.03 Å². The zero-order chi connectivity index (χ0) is 18.5. The number of hydrogen-bond donors (Lipinski definition) is 2. The second-order valence-corrected chi connectivity index (χ2v) is 6.16. The molecule has 2 aromatic heterocycles. The first-order valence-corrected chi connectivity index (χ1v) is 8.51. The zero-order valence-electron chi connectivity index (χ0n) is 15.2. The molecule has 0 aliphatic rings. The Hall–Kier alpha value is -2.87. The van der Waals surface area contributed by atoms with E-state index in [-0.39, 0.29) is 12.1 Å². The van der Waals surface area contributed by atoms with Gasteiger partial charge in [0.05, 0.1) is 6.04 Å². The molecule has 1 aromatic carbocycles. The molecule has 0 aliphatic heterocycles. The molecule has 0 bridgehead atoms. The number of nitrogens with one attached hydrogen (secondary N) is 2. The molecule has 0 saturated heterocycles. The van der Waals surface area contributed by atoms with E-state index in [9.17, 15) is 4.79 Å². The van der Waals surface area contributed by atoms with Gasteiger partial charge < -0.3 is 24.4 Å². The van der Waals surface area contributed by atoms with Crippen LogP contribution in [0.1, 0.15) is 31.0 Å². The number of nitrogens with zero attached hydrogens (tertiary/aromatic N) is 3. The van der Waals surface area contributed by atoms with Crippen molar-refractivity contribution in [2.24, 2.45) is 0 Å². The first-order chi connectivity index (χ1) is 12.6. The quantitative estimate of drug-likeness (QED) is 0.633. The SMILES string of the molecule is COCCCn1cnnc1C(C)NC(=O)Nc1ccc2oc(C)cc2c1. The number of fused-ring (bicyclic) bond motifs is 1. The molecule has 3 aromatic rings. The third kappa shape index (κ3) is 4.20. The van der Waals surface area contributed by atoms with Crippen LogP contribution in [0, 0.1) is 6.92 Å². The number of urea groups is 1. The molecule has 1 unspecified atom stereocenters. The molecule has 0 saturated carbocycles. The van der Waals surface area contributed by atoms with Crippen LogP contribution in [0.2, 0.25) is 0 Å². The number of aromatic nitrogens is 3. The highest BCUT2D eigenvalue weighted by Crippen LogP contribution is 2.22. The number of rotatable bonds is 7. The number of hydrogen-bond acceptors (Lipinski definition) is 5. The molecule has 1 atom stereocenters. The molecule has 3 rings (SSSR count). The fourth-order valence-electron chi connectivity index (χ4n) is 2.83. The van der Waals surface area contributed by atoms with Crippen LogP contribution in [0.25, 0.3) is 11.0 Å². The van der Waals surface area contributed by atoms with Crippen molar-refractivity contribution in [3.63, 3.8) is 0 Å². The minimum atomic E-state index is -0.302. The van der Waals surface area contributed by atoms with Crippen LogP contribution >= 0.6 is 0 Å². The Kier molecular flexibility index (Phi) is 5.52. The van der Waals surface area contributed by atoms with Gasteiger partial charge in [0, 0.05) is 31.3 Å². The van der Waals surface area contributed by atoms with Crippen LogP contribution < -0.4 is 10.6 Å². The minimum absolute atomic E-state index is 0.278. The van der Waals surface area contributed by atoms with Crippen molar-refractivity contribution in [1.29, 1.82) is 0 Å². The molecule has 0 aliphatic carbocycles. The predicted molar refractivity (Wildman–Crippen MR) is 98.0 cm³/mol. The van der Waals surface area contributed by atoms with Crippen molar-refractivity contribution >= 4 is 22.7 Å². The maximum Gasteiger partial charge on any atom is 0.319 e. The maximum atomic E-state index is 12.3. The summed E-state index contributed by atoms with van der Waals surface area (Å²) in [7, 11) is 1.67. The lowest BCUT2D eigenvalue weighted by molar-refractivity contribution is 0.189. The van der Waals surface area contributed by atoms with Gasteiger partial charge in [0.2, 0.25) is 0 Å². The molecule has 26 heavy (non-hydrogen) atoms. The topological polar surface area (TPSA) is 94.2 Å². The van der Waals surface area contributed by atoms with E-state index in [1.54, 1.807) is 13.4 Å². The zero-order valence-corrected chi connectivity index (χ0v) is 15.2. The smallest absolute Gasteiger partial charge is 0.319 e. The standard InChI is InChI=1S/C18H23N5O3/c1-12-9-14-10-15(5-6-16(14)26-12)21-18(24)20-13(2)17-22-19-11-23(17)7-4-8-25-3/h5-6,9-11,13H,4,7-8H2,1-3H3,(H2,20,21,24). The first-order valence-electron chi connectivity index (χ1n) is 8.51. The number of carbonyl (C=O) groups is 1. The van der Waals surface area contributed by atoms with Crippen molar-refractivity contribution in [1.82, 2.24) is 20.1 Å². The highest BCUT2D eigenvalue weighted by atomic mass is 16.5. The van der Waals surface area contributed by atoms with Gasteiger partial charge in [-0.2, -0.15) is 0 Å². The van der Waals surface area contributed by atoms with E-state index in [0.29, 0.717) is 18.1 Å². The van der Waals surface area contributed by atoms with Gasteiger partial charge in [-0.15, -0.1) is 10.2 Å². The van der Waals surface area contributed by atoms with Crippen LogP contribution in [0.4, 0.5) is 10.5 Å². The van der Waals surface area contributed by atoms with Crippen LogP contribution in [-0.4, -0.2) is 34.5 Å².